The fourth-order valence-corrected chi connectivity index (χ4v) is 5.95. The van der Waals surface area contributed by atoms with E-state index >= 15 is 0 Å². The lowest BCUT2D eigenvalue weighted by Gasteiger charge is -2.33. The summed E-state index contributed by atoms with van der Waals surface area (Å²) in [5, 5.41) is 0. The molecule has 0 bridgehead atoms. The van der Waals surface area contributed by atoms with Crippen molar-refractivity contribution in [2.75, 3.05) is 19.8 Å². The molecule has 0 N–H and O–H groups in total. The van der Waals surface area contributed by atoms with E-state index in [1.807, 2.05) is 12.1 Å². The minimum atomic E-state index is -0.290. The van der Waals surface area contributed by atoms with Crippen LogP contribution in [0.1, 0.15) is 138 Å². The second-order valence-corrected chi connectivity index (χ2v) is 11.1. The topological polar surface area (TPSA) is 27.7 Å². The summed E-state index contributed by atoms with van der Waals surface area (Å²) in [5.41, 5.74) is 5.61. The summed E-state index contributed by atoms with van der Waals surface area (Å²) in [4.78, 5) is 0. The van der Waals surface area contributed by atoms with Crippen molar-refractivity contribution in [1.82, 2.24) is 0 Å². The number of rotatable bonds is 12. The molecule has 3 heteroatoms. The quantitative estimate of drug-likeness (QED) is 0.276. The molecular weight excluding hydrogens is 444 g/mol. The van der Waals surface area contributed by atoms with Gasteiger partial charge in [-0.3, -0.25) is 0 Å². The van der Waals surface area contributed by atoms with Crippen molar-refractivity contribution in [2.45, 2.75) is 115 Å². The van der Waals surface area contributed by atoms with Gasteiger partial charge in [0.15, 0.2) is 6.29 Å². The van der Waals surface area contributed by atoms with Crippen LogP contribution < -0.4 is 4.74 Å². The van der Waals surface area contributed by atoms with E-state index in [0.29, 0.717) is 31.0 Å². The number of hydrogen-bond acceptors (Lipinski definition) is 3. The smallest absolute Gasteiger partial charge is 0.183 e. The molecular formula is C33H48O3. The molecule has 2 aromatic carbocycles. The fraction of sp³-hybridized carbons (Fsp3) is 0.636. The van der Waals surface area contributed by atoms with Crippen LogP contribution in [0.25, 0.3) is 0 Å². The largest absolute Gasteiger partial charge is 0.494 e. The Labute approximate surface area is 219 Å². The van der Waals surface area contributed by atoms with Crippen molar-refractivity contribution in [2.24, 2.45) is 0 Å². The highest BCUT2D eigenvalue weighted by atomic mass is 16.7. The average molecular weight is 493 g/mol. The van der Waals surface area contributed by atoms with Crippen LogP contribution in [0.5, 0.6) is 5.75 Å². The van der Waals surface area contributed by atoms with Gasteiger partial charge in [-0.15, -0.1) is 0 Å². The van der Waals surface area contributed by atoms with Crippen LogP contribution in [-0.4, -0.2) is 19.8 Å². The normalized spacial score (nSPS) is 21.9. The van der Waals surface area contributed by atoms with E-state index in [1.54, 1.807) is 5.56 Å². The Kier molecular flexibility index (Phi) is 10.7. The van der Waals surface area contributed by atoms with E-state index in [2.05, 4.69) is 51.1 Å². The van der Waals surface area contributed by atoms with Crippen LogP contribution in [0.3, 0.4) is 0 Å². The fourth-order valence-electron chi connectivity index (χ4n) is 5.95. The molecule has 0 amide bonds. The van der Waals surface area contributed by atoms with Gasteiger partial charge >= 0.3 is 0 Å². The molecule has 0 radical (unpaired) electrons. The third-order valence-corrected chi connectivity index (χ3v) is 8.20. The Morgan fingerprint density at radius 2 is 1.56 bits per heavy atom. The molecule has 1 unspecified atom stereocenters. The molecule has 198 valence electrons. The standard InChI is InChI=1S/C33H48O3/c1-4-6-7-11-21-34-30-18-15-27(16-19-30)33-35-23-29(24-36-33)31-20-17-28(25(3)12-5-2)22-32(31)26-13-9-8-10-14-26/h15-20,22,25-26,29,33H,4-14,21,23-24H2,1-3H3/t25?,29-,33-. The monoisotopic (exact) mass is 492 g/mol. The lowest BCUT2D eigenvalue weighted by molar-refractivity contribution is -0.191. The molecule has 2 aromatic rings. The summed E-state index contributed by atoms with van der Waals surface area (Å²) >= 11 is 0. The summed E-state index contributed by atoms with van der Waals surface area (Å²) in [7, 11) is 0. The zero-order valence-corrected chi connectivity index (χ0v) is 23.0. The Morgan fingerprint density at radius 3 is 2.25 bits per heavy atom. The lowest BCUT2D eigenvalue weighted by atomic mass is 9.78. The molecule has 1 heterocycles. The van der Waals surface area contributed by atoms with Crippen molar-refractivity contribution < 1.29 is 14.2 Å². The van der Waals surface area contributed by atoms with Gasteiger partial charge in [0.1, 0.15) is 5.75 Å². The van der Waals surface area contributed by atoms with Crippen molar-refractivity contribution in [3.05, 3.63) is 64.7 Å². The van der Waals surface area contributed by atoms with Gasteiger partial charge in [-0.25, -0.2) is 0 Å². The molecule has 2 fully saturated rings. The van der Waals surface area contributed by atoms with Gasteiger partial charge in [-0.1, -0.05) is 96.0 Å². The highest BCUT2D eigenvalue weighted by Crippen LogP contribution is 2.40. The molecule has 1 saturated carbocycles. The van der Waals surface area contributed by atoms with Gasteiger partial charge in [-0.05, 0) is 66.3 Å². The second-order valence-electron chi connectivity index (χ2n) is 11.1. The van der Waals surface area contributed by atoms with Gasteiger partial charge in [0.05, 0.1) is 19.8 Å². The van der Waals surface area contributed by atoms with Crippen LogP contribution in [0.4, 0.5) is 0 Å². The summed E-state index contributed by atoms with van der Waals surface area (Å²) in [6.07, 6.45) is 13.8. The van der Waals surface area contributed by atoms with Crippen molar-refractivity contribution in [3.8, 4) is 5.75 Å². The minimum Gasteiger partial charge on any atom is -0.494 e. The predicted molar refractivity (Wildman–Crippen MR) is 149 cm³/mol. The Morgan fingerprint density at radius 1 is 0.806 bits per heavy atom. The van der Waals surface area contributed by atoms with Gasteiger partial charge < -0.3 is 14.2 Å². The molecule has 1 aliphatic carbocycles. The van der Waals surface area contributed by atoms with Crippen molar-refractivity contribution >= 4 is 0 Å². The number of ether oxygens (including phenoxy) is 3. The number of hydrogen-bond donors (Lipinski definition) is 0. The maximum absolute atomic E-state index is 6.29. The first-order valence-electron chi connectivity index (χ1n) is 14.8. The Balaban J connectivity index is 1.38. The predicted octanol–water partition coefficient (Wildman–Crippen LogP) is 9.43. The first kappa shape index (κ1) is 27.2. The molecule has 36 heavy (non-hydrogen) atoms. The van der Waals surface area contributed by atoms with Crippen LogP contribution in [0.2, 0.25) is 0 Å². The van der Waals surface area contributed by atoms with E-state index in [9.17, 15) is 0 Å². The molecule has 3 nitrogen and oxygen atoms in total. The van der Waals surface area contributed by atoms with E-state index in [1.165, 1.54) is 75.3 Å². The molecule has 0 aromatic heterocycles. The van der Waals surface area contributed by atoms with Gasteiger partial charge in [0, 0.05) is 11.5 Å². The van der Waals surface area contributed by atoms with Crippen molar-refractivity contribution in [1.29, 1.82) is 0 Å². The Hall–Kier alpha value is -1.84. The first-order chi connectivity index (χ1) is 17.7. The molecule has 1 atom stereocenters. The Bertz CT molecular complexity index is 892. The average Bonchev–Trinajstić information content (AvgIpc) is 2.94. The summed E-state index contributed by atoms with van der Waals surface area (Å²) in [6, 6.07) is 15.6. The van der Waals surface area contributed by atoms with Gasteiger partial charge in [0.25, 0.3) is 0 Å². The van der Waals surface area contributed by atoms with Crippen LogP contribution in [0, 0.1) is 0 Å². The third kappa shape index (κ3) is 7.35. The molecule has 4 rings (SSSR count). The molecule has 1 aliphatic heterocycles. The highest BCUT2D eigenvalue weighted by molar-refractivity contribution is 5.39. The second kappa shape index (κ2) is 14.2. The van der Waals surface area contributed by atoms with E-state index in [-0.39, 0.29) is 6.29 Å². The maximum atomic E-state index is 6.29. The van der Waals surface area contributed by atoms with Crippen LogP contribution in [0.15, 0.2) is 42.5 Å². The number of benzene rings is 2. The number of unbranched alkanes of at least 4 members (excludes halogenated alkanes) is 3. The van der Waals surface area contributed by atoms with E-state index < -0.39 is 0 Å². The molecule has 2 aliphatic rings. The minimum absolute atomic E-state index is 0.290. The zero-order chi connectivity index (χ0) is 25.2. The van der Waals surface area contributed by atoms with E-state index in [0.717, 1.165) is 24.3 Å². The van der Waals surface area contributed by atoms with Crippen molar-refractivity contribution in [3.63, 3.8) is 0 Å². The van der Waals surface area contributed by atoms with Gasteiger partial charge in [0.2, 0.25) is 0 Å². The SMILES string of the molecule is CCCCCCOc1ccc([C@H]2OC[C@H](c3ccc(C(C)CCC)cc3C3CCCCC3)CO2)cc1. The summed E-state index contributed by atoms with van der Waals surface area (Å²) in [5.74, 6) is 2.55. The zero-order valence-electron chi connectivity index (χ0n) is 23.0. The molecule has 1 saturated heterocycles. The summed E-state index contributed by atoms with van der Waals surface area (Å²) < 4.78 is 18.5. The van der Waals surface area contributed by atoms with Crippen LogP contribution in [-0.2, 0) is 9.47 Å². The third-order valence-electron chi connectivity index (χ3n) is 8.20. The summed E-state index contributed by atoms with van der Waals surface area (Å²) in [6.45, 7) is 9.11. The molecule has 0 spiro atoms. The highest BCUT2D eigenvalue weighted by Gasteiger charge is 2.29. The van der Waals surface area contributed by atoms with Gasteiger partial charge in [-0.2, -0.15) is 0 Å². The lowest BCUT2D eigenvalue weighted by Crippen LogP contribution is -2.27. The van der Waals surface area contributed by atoms with E-state index in [4.69, 9.17) is 14.2 Å². The maximum Gasteiger partial charge on any atom is 0.183 e. The van der Waals surface area contributed by atoms with Crippen LogP contribution >= 0.6 is 0 Å². The first-order valence-corrected chi connectivity index (χ1v) is 14.8.